The number of carbonyl (C=O) groups excluding carboxylic acids is 2. The Balaban J connectivity index is 1.44. The van der Waals surface area contributed by atoms with Crippen LogP contribution in [0.4, 0.5) is 4.39 Å². The summed E-state index contributed by atoms with van der Waals surface area (Å²) in [6.45, 7) is 1.37. The van der Waals surface area contributed by atoms with Crippen molar-refractivity contribution in [1.82, 2.24) is 14.8 Å². The predicted molar refractivity (Wildman–Crippen MR) is 148 cm³/mol. The molecule has 0 atom stereocenters. The van der Waals surface area contributed by atoms with Gasteiger partial charge in [0.05, 0.1) is 19.8 Å². The Morgan fingerprint density at radius 2 is 1.59 bits per heavy atom. The van der Waals surface area contributed by atoms with Gasteiger partial charge in [-0.05, 0) is 41.3 Å². The van der Waals surface area contributed by atoms with E-state index in [1.54, 1.807) is 24.1 Å². The first-order valence-corrected chi connectivity index (χ1v) is 13.0. The van der Waals surface area contributed by atoms with Crippen LogP contribution in [0.25, 0.3) is 10.9 Å². The van der Waals surface area contributed by atoms with Crippen molar-refractivity contribution in [3.63, 3.8) is 0 Å². The quantitative estimate of drug-likeness (QED) is 0.259. The number of benzene rings is 3. The number of fused-ring (bicyclic) bond motifs is 1. The Bertz CT molecular complexity index is 1340. The molecule has 39 heavy (non-hydrogen) atoms. The number of methoxy groups -OCH3 is 1. The maximum atomic E-state index is 13.6. The van der Waals surface area contributed by atoms with E-state index in [4.69, 9.17) is 9.47 Å². The maximum Gasteiger partial charge on any atom is 0.249 e. The molecular formula is C31H34FN3O4. The fraction of sp³-hybridized carbons (Fsp3) is 0.290. The minimum Gasteiger partial charge on any atom is -0.383 e. The van der Waals surface area contributed by atoms with Crippen LogP contribution in [0.15, 0.2) is 85.1 Å². The lowest BCUT2D eigenvalue weighted by Gasteiger charge is -2.28. The molecular weight excluding hydrogens is 497 g/mol. The van der Waals surface area contributed by atoms with Crippen molar-refractivity contribution in [1.29, 1.82) is 0 Å². The summed E-state index contributed by atoms with van der Waals surface area (Å²) < 4.78 is 24.3. The molecule has 0 saturated carbocycles. The number of nitrogens with one attached hydrogen (secondary N) is 1. The minimum atomic E-state index is -0.331. The van der Waals surface area contributed by atoms with Crippen LogP contribution in [0.1, 0.15) is 16.7 Å². The highest BCUT2D eigenvalue weighted by Gasteiger charge is 2.22. The first-order valence-electron chi connectivity index (χ1n) is 13.0. The van der Waals surface area contributed by atoms with Crippen LogP contribution < -0.4 is 0 Å². The number of halogens is 1. The van der Waals surface area contributed by atoms with Crippen molar-refractivity contribution >= 4 is 22.7 Å². The molecule has 4 aromatic rings. The van der Waals surface area contributed by atoms with E-state index in [0.717, 1.165) is 27.6 Å². The zero-order chi connectivity index (χ0) is 27.5. The van der Waals surface area contributed by atoms with Crippen LogP contribution in [0.2, 0.25) is 0 Å². The number of ether oxygens (including phenoxy) is 2. The van der Waals surface area contributed by atoms with E-state index in [0.29, 0.717) is 32.7 Å². The molecule has 204 valence electrons. The lowest BCUT2D eigenvalue weighted by molar-refractivity contribution is -0.144. The van der Waals surface area contributed by atoms with Crippen molar-refractivity contribution in [2.24, 2.45) is 0 Å². The number of hydrogen-bond acceptors (Lipinski definition) is 4. The van der Waals surface area contributed by atoms with Crippen LogP contribution in [0, 0.1) is 5.82 Å². The number of para-hydroxylation sites is 1. The lowest BCUT2D eigenvalue weighted by atomic mass is 10.1. The van der Waals surface area contributed by atoms with Gasteiger partial charge in [-0.1, -0.05) is 60.7 Å². The summed E-state index contributed by atoms with van der Waals surface area (Å²) in [4.78, 5) is 33.1. The Labute approximate surface area is 228 Å². The highest BCUT2D eigenvalue weighted by atomic mass is 19.1. The zero-order valence-corrected chi connectivity index (χ0v) is 22.1. The molecule has 0 unspecified atom stereocenters. The van der Waals surface area contributed by atoms with Gasteiger partial charge in [0.2, 0.25) is 11.8 Å². The first kappa shape index (κ1) is 28.0. The normalized spacial score (nSPS) is 11.0. The molecule has 1 heterocycles. The molecule has 3 aromatic carbocycles. The highest BCUT2D eigenvalue weighted by Crippen LogP contribution is 2.19. The van der Waals surface area contributed by atoms with Crippen molar-refractivity contribution in [3.8, 4) is 0 Å². The Morgan fingerprint density at radius 1 is 0.846 bits per heavy atom. The fourth-order valence-corrected chi connectivity index (χ4v) is 4.37. The second kappa shape index (κ2) is 14.2. The summed E-state index contributed by atoms with van der Waals surface area (Å²) in [5.41, 5.74) is 3.91. The molecule has 0 fully saturated rings. The largest absolute Gasteiger partial charge is 0.383 e. The van der Waals surface area contributed by atoms with E-state index in [1.807, 2.05) is 60.8 Å². The van der Waals surface area contributed by atoms with Crippen LogP contribution in [0.3, 0.4) is 0 Å². The van der Waals surface area contributed by atoms with Gasteiger partial charge in [-0.25, -0.2) is 4.39 Å². The third-order valence-electron chi connectivity index (χ3n) is 6.55. The van der Waals surface area contributed by atoms with Gasteiger partial charge in [0, 0.05) is 43.8 Å². The van der Waals surface area contributed by atoms with Crippen LogP contribution in [-0.4, -0.2) is 66.6 Å². The van der Waals surface area contributed by atoms with Gasteiger partial charge in [0.25, 0.3) is 0 Å². The van der Waals surface area contributed by atoms with E-state index < -0.39 is 0 Å². The Hall–Kier alpha value is -4.01. The summed E-state index contributed by atoms with van der Waals surface area (Å²) in [6.07, 6.45) is 2.59. The summed E-state index contributed by atoms with van der Waals surface area (Å²) in [7, 11) is 1.55. The average molecular weight is 532 g/mol. The molecule has 0 aliphatic rings. The van der Waals surface area contributed by atoms with E-state index >= 15 is 0 Å². The van der Waals surface area contributed by atoms with Gasteiger partial charge in [-0.15, -0.1) is 0 Å². The van der Waals surface area contributed by atoms with Gasteiger partial charge in [0.1, 0.15) is 12.4 Å². The van der Waals surface area contributed by atoms with E-state index in [-0.39, 0.29) is 37.3 Å². The van der Waals surface area contributed by atoms with Gasteiger partial charge in [-0.3, -0.25) is 9.59 Å². The van der Waals surface area contributed by atoms with Crippen molar-refractivity contribution < 1.29 is 23.5 Å². The Morgan fingerprint density at radius 3 is 2.36 bits per heavy atom. The molecule has 0 aliphatic carbocycles. The highest BCUT2D eigenvalue weighted by molar-refractivity contribution is 5.86. The number of aromatic amines is 1. The lowest BCUT2D eigenvalue weighted by Crippen LogP contribution is -2.45. The van der Waals surface area contributed by atoms with Gasteiger partial charge < -0.3 is 24.3 Å². The van der Waals surface area contributed by atoms with Crippen molar-refractivity contribution in [3.05, 3.63) is 108 Å². The Kier molecular flexibility index (Phi) is 10.2. The van der Waals surface area contributed by atoms with Gasteiger partial charge >= 0.3 is 0 Å². The second-order valence-corrected chi connectivity index (χ2v) is 9.34. The maximum absolute atomic E-state index is 13.6. The summed E-state index contributed by atoms with van der Waals surface area (Å²) in [5, 5.41) is 1.11. The number of nitrogens with zero attached hydrogens (tertiary/aromatic N) is 2. The number of aromatic nitrogens is 1. The van der Waals surface area contributed by atoms with Crippen LogP contribution in [0.5, 0.6) is 0 Å². The van der Waals surface area contributed by atoms with E-state index in [2.05, 4.69) is 4.98 Å². The SMILES string of the molecule is COCCN(CC(=O)N(CCc1c[nH]c2ccccc12)Cc1ccc(F)cc1)C(=O)COCc1ccccc1. The number of rotatable bonds is 14. The summed E-state index contributed by atoms with van der Waals surface area (Å²) in [5.74, 6) is -0.816. The third kappa shape index (κ3) is 8.24. The molecule has 0 radical (unpaired) electrons. The summed E-state index contributed by atoms with van der Waals surface area (Å²) >= 11 is 0. The van der Waals surface area contributed by atoms with Crippen LogP contribution in [-0.2, 0) is 38.6 Å². The average Bonchev–Trinajstić information content (AvgIpc) is 3.37. The molecule has 0 saturated heterocycles. The minimum absolute atomic E-state index is 0.105. The summed E-state index contributed by atoms with van der Waals surface area (Å²) in [6, 6.07) is 23.7. The molecule has 0 bridgehead atoms. The molecule has 1 aromatic heterocycles. The molecule has 2 amide bonds. The van der Waals surface area contributed by atoms with Gasteiger partial charge in [-0.2, -0.15) is 0 Å². The topological polar surface area (TPSA) is 74.9 Å². The number of hydrogen-bond donors (Lipinski definition) is 1. The zero-order valence-electron chi connectivity index (χ0n) is 22.1. The molecule has 1 N–H and O–H groups in total. The smallest absolute Gasteiger partial charge is 0.249 e. The van der Waals surface area contributed by atoms with Gasteiger partial charge in [0.15, 0.2) is 0 Å². The molecule has 0 spiro atoms. The van der Waals surface area contributed by atoms with Crippen molar-refractivity contribution in [2.75, 3.05) is 40.0 Å². The molecule has 7 nitrogen and oxygen atoms in total. The van der Waals surface area contributed by atoms with Crippen LogP contribution >= 0.6 is 0 Å². The standard InChI is InChI=1S/C31H34FN3O4/c1-38-18-17-35(31(37)23-39-22-25-7-3-2-4-8-25)21-30(36)34(20-24-11-13-27(32)14-12-24)16-15-26-19-33-29-10-6-5-9-28(26)29/h2-14,19,33H,15-18,20-23H2,1H3. The van der Waals surface area contributed by atoms with E-state index in [9.17, 15) is 14.0 Å². The molecule has 8 heteroatoms. The second-order valence-electron chi connectivity index (χ2n) is 9.34. The molecule has 4 rings (SSSR count). The number of H-pyrrole nitrogens is 1. The first-order chi connectivity index (χ1) is 19.0. The monoisotopic (exact) mass is 531 g/mol. The number of carbonyl (C=O) groups is 2. The van der Waals surface area contributed by atoms with E-state index in [1.165, 1.54) is 17.0 Å². The van der Waals surface area contributed by atoms with Crippen molar-refractivity contribution in [2.45, 2.75) is 19.6 Å². The number of amides is 2. The fourth-order valence-electron chi connectivity index (χ4n) is 4.37. The molecule has 0 aliphatic heterocycles. The third-order valence-corrected chi connectivity index (χ3v) is 6.55. The predicted octanol–water partition coefficient (Wildman–Crippen LogP) is 4.57.